The van der Waals surface area contributed by atoms with E-state index in [1.165, 1.54) is 12.1 Å². The number of rotatable bonds is 0. The minimum atomic E-state index is -1.54. The number of fused-ring (bicyclic) bond motifs is 1. The van der Waals surface area contributed by atoms with Gasteiger partial charge in [0.05, 0.1) is 19.3 Å². The average molecular weight is 352 g/mol. The van der Waals surface area contributed by atoms with Gasteiger partial charge in [0.25, 0.3) is 0 Å². The van der Waals surface area contributed by atoms with Crippen LogP contribution < -0.4 is 4.74 Å². The Morgan fingerprint density at radius 1 is 1.04 bits per heavy atom. The number of esters is 1. The molecule has 1 aliphatic heterocycles. The van der Waals surface area contributed by atoms with E-state index in [4.69, 9.17) is 9.47 Å². The summed E-state index contributed by atoms with van der Waals surface area (Å²) < 4.78 is 10.4. The Balaban J connectivity index is 2.23. The van der Waals surface area contributed by atoms with Gasteiger partial charge in [0.1, 0.15) is 28.9 Å². The normalized spacial score (nSPS) is 24.2. The lowest BCUT2D eigenvalue weighted by Gasteiger charge is -2.16. The molecule has 2 rings (SSSR count). The third kappa shape index (κ3) is 4.94. The third-order valence-electron chi connectivity index (χ3n) is 3.63. The SMILES string of the molecule is O=C1OCC/C=C\C(=O)[C@@H](O)[C@@H](O)CCCOc2cc(O)cc(O)c21. The largest absolute Gasteiger partial charge is 0.508 e. The predicted octanol–water partition coefficient (Wildman–Crippen LogP) is 0.664. The van der Waals surface area contributed by atoms with E-state index in [0.717, 1.165) is 12.1 Å². The third-order valence-corrected chi connectivity index (χ3v) is 3.63. The number of carbonyl (C=O) groups is 2. The summed E-state index contributed by atoms with van der Waals surface area (Å²) in [7, 11) is 0. The number of hydrogen-bond donors (Lipinski definition) is 4. The maximum absolute atomic E-state index is 12.1. The highest BCUT2D eigenvalue weighted by molar-refractivity contribution is 5.96. The lowest BCUT2D eigenvalue weighted by Crippen LogP contribution is -2.33. The van der Waals surface area contributed by atoms with Crippen molar-refractivity contribution in [3.8, 4) is 17.2 Å². The first kappa shape index (κ1) is 18.8. The van der Waals surface area contributed by atoms with Gasteiger partial charge in [-0.2, -0.15) is 0 Å². The molecular weight excluding hydrogens is 332 g/mol. The van der Waals surface area contributed by atoms with Gasteiger partial charge in [-0.15, -0.1) is 0 Å². The molecule has 4 N–H and O–H groups in total. The molecule has 0 unspecified atom stereocenters. The highest BCUT2D eigenvalue weighted by atomic mass is 16.5. The fraction of sp³-hybridized carbons (Fsp3) is 0.412. The zero-order valence-corrected chi connectivity index (χ0v) is 13.4. The molecule has 1 heterocycles. The number of benzene rings is 1. The van der Waals surface area contributed by atoms with Gasteiger partial charge < -0.3 is 29.9 Å². The quantitative estimate of drug-likeness (QED) is 0.501. The zero-order chi connectivity index (χ0) is 18.4. The van der Waals surface area contributed by atoms with Crippen molar-refractivity contribution in [2.24, 2.45) is 0 Å². The number of ketones is 1. The molecule has 0 amide bonds. The Bertz CT molecular complexity index is 667. The van der Waals surface area contributed by atoms with Crippen molar-refractivity contribution < 1.29 is 39.5 Å². The van der Waals surface area contributed by atoms with E-state index in [2.05, 4.69) is 0 Å². The molecule has 1 aliphatic rings. The van der Waals surface area contributed by atoms with Crippen molar-refractivity contribution in [3.63, 3.8) is 0 Å². The molecule has 0 saturated carbocycles. The van der Waals surface area contributed by atoms with Gasteiger partial charge in [-0.1, -0.05) is 6.08 Å². The van der Waals surface area contributed by atoms with Gasteiger partial charge in [-0.3, -0.25) is 4.79 Å². The predicted molar refractivity (Wildman–Crippen MR) is 85.6 cm³/mol. The van der Waals surface area contributed by atoms with E-state index in [0.29, 0.717) is 0 Å². The van der Waals surface area contributed by atoms with Crippen molar-refractivity contribution in [3.05, 3.63) is 29.8 Å². The number of cyclic esters (lactones) is 1. The summed E-state index contributed by atoms with van der Waals surface area (Å²) in [4.78, 5) is 23.8. The second-order valence-corrected chi connectivity index (χ2v) is 5.57. The smallest absolute Gasteiger partial charge is 0.345 e. The minimum absolute atomic E-state index is 0.0248. The van der Waals surface area contributed by atoms with Gasteiger partial charge in [0, 0.05) is 12.1 Å². The molecule has 2 atom stereocenters. The summed E-state index contributed by atoms with van der Waals surface area (Å²) >= 11 is 0. The lowest BCUT2D eigenvalue weighted by atomic mass is 10.0. The Labute approximate surface area is 143 Å². The first-order valence-electron chi connectivity index (χ1n) is 7.82. The van der Waals surface area contributed by atoms with E-state index in [1.54, 1.807) is 0 Å². The Morgan fingerprint density at radius 2 is 1.80 bits per heavy atom. The number of aliphatic hydroxyl groups excluding tert-OH is 2. The summed E-state index contributed by atoms with van der Waals surface area (Å²) in [6, 6.07) is 2.17. The van der Waals surface area contributed by atoms with E-state index in [1.807, 2.05) is 0 Å². The van der Waals surface area contributed by atoms with E-state index in [9.17, 15) is 30.0 Å². The highest BCUT2D eigenvalue weighted by Crippen LogP contribution is 2.33. The Kier molecular flexibility index (Phi) is 6.37. The van der Waals surface area contributed by atoms with Crippen LogP contribution in [-0.2, 0) is 9.53 Å². The molecule has 8 nitrogen and oxygen atoms in total. The number of ether oxygens (including phenoxy) is 2. The highest BCUT2D eigenvalue weighted by Gasteiger charge is 2.23. The number of aromatic hydroxyl groups is 2. The van der Waals surface area contributed by atoms with Crippen LogP contribution in [0, 0.1) is 0 Å². The number of carbonyl (C=O) groups excluding carboxylic acids is 2. The van der Waals surface area contributed by atoms with Crippen LogP contribution in [0.5, 0.6) is 17.2 Å². The summed E-state index contributed by atoms with van der Waals surface area (Å²) in [6.07, 6.45) is 0.312. The first-order valence-corrected chi connectivity index (χ1v) is 7.82. The maximum Gasteiger partial charge on any atom is 0.345 e. The van der Waals surface area contributed by atoms with Crippen LogP contribution >= 0.6 is 0 Å². The maximum atomic E-state index is 12.1. The van der Waals surface area contributed by atoms with Crippen LogP contribution in [0.15, 0.2) is 24.3 Å². The van der Waals surface area contributed by atoms with Crippen LogP contribution in [0.3, 0.4) is 0 Å². The molecule has 0 spiro atoms. The van der Waals surface area contributed by atoms with Crippen LogP contribution in [0.4, 0.5) is 0 Å². The molecular formula is C17H20O8. The van der Waals surface area contributed by atoms with Gasteiger partial charge in [0.15, 0.2) is 5.78 Å². The van der Waals surface area contributed by atoms with Crippen molar-refractivity contribution in [1.29, 1.82) is 0 Å². The van der Waals surface area contributed by atoms with Crippen molar-refractivity contribution in [1.82, 2.24) is 0 Å². The number of phenols is 2. The fourth-order valence-corrected chi connectivity index (χ4v) is 2.32. The molecule has 0 aromatic heterocycles. The number of aliphatic hydroxyl groups is 2. The summed E-state index contributed by atoms with van der Waals surface area (Å²) in [6.45, 7) is -0.0436. The second-order valence-electron chi connectivity index (χ2n) is 5.57. The van der Waals surface area contributed by atoms with Gasteiger partial charge in [-0.25, -0.2) is 4.79 Å². The molecule has 8 heteroatoms. The Hall–Kier alpha value is -2.58. The monoisotopic (exact) mass is 352 g/mol. The molecule has 0 radical (unpaired) electrons. The second kappa shape index (κ2) is 8.50. The van der Waals surface area contributed by atoms with Crippen LogP contribution in [0.2, 0.25) is 0 Å². The van der Waals surface area contributed by atoms with Gasteiger partial charge in [-0.05, 0) is 25.3 Å². The van der Waals surface area contributed by atoms with Gasteiger partial charge >= 0.3 is 5.97 Å². The average Bonchev–Trinajstić information content (AvgIpc) is 2.56. The summed E-state index contributed by atoms with van der Waals surface area (Å²) in [5, 5.41) is 39.0. The minimum Gasteiger partial charge on any atom is -0.508 e. The molecule has 1 aromatic rings. The Morgan fingerprint density at radius 3 is 2.56 bits per heavy atom. The van der Waals surface area contributed by atoms with E-state index in [-0.39, 0.29) is 49.5 Å². The van der Waals surface area contributed by atoms with Crippen LogP contribution in [0.25, 0.3) is 0 Å². The topological polar surface area (TPSA) is 134 Å². The molecule has 136 valence electrons. The summed E-state index contributed by atoms with van der Waals surface area (Å²) in [5.74, 6) is -2.29. The molecule has 0 aliphatic carbocycles. The van der Waals surface area contributed by atoms with Crippen molar-refractivity contribution in [2.45, 2.75) is 31.5 Å². The van der Waals surface area contributed by atoms with Crippen molar-refractivity contribution >= 4 is 11.8 Å². The number of phenolic OH excluding ortho intramolecular Hbond substituents is 2. The molecule has 0 bridgehead atoms. The van der Waals surface area contributed by atoms with Gasteiger partial charge in [0.2, 0.25) is 0 Å². The molecule has 1 aromatic carbocycles. The van der Waals surface area contributed by atoms with E-state index < -0.39 is 29.7 Å². The fourth-order valence-electron chi connectivity index (χ4n) is 2.32. The lowest BCUT2D eigenvalue weighted by molar-refractivity contribution is -0.128. The number of hydrogen-bond acceptors (Lipinski definition) is 8. The van der Waals surface area contributed by atoms with Crippen molar-refractivity contribution in [2.75, 3.05) is 13.2 Å². The van der Waals surface area contributed by atoms with E-state index >= 15 is 0 Å². The first-order chi connectivity index (χ1) is 11.9. The summed E-state index contributed by atoms with van der Waals surface area (Å²) in [5.41, 5.74) is -0.215. The zero-order valence-electron chi connectivity index (χ0n) is 13.4. The van der Waals surface area contributed by atoms with Crippen LogP contribution in [-0.4, -0.2) is 57.6 Å². The molecule has 0 fully saturated rings. The molecule has 25 heavy (non-hydrogen) atoms. The van der Waals surface area contributed by atoms with Crippen LogP contribution in [0.1, 0.15) is 29.6 Å². The molecule has 0 saturated heterocycles. The standard InChI is InChI=1S/C17H20O8/c18-10-8-13(21)15-14(9-10)24-7-3-5-12(20)16(22)11(19)4-1-2-6-25-17(15)23/h1,4,8-9,12,16,18,20-22H,2-3,5-7H2/b4-1-/t12-,16+/m0/s1.